The second-order valence-corrected chi connectivity index (χ2v) is 5.54. The maximum absolute atomic E-state index is 12.3. The Bertz CT molecular complexity index is 253. The molecule has 0 aliphatic carbocycles. The first-order valence-electron chi connectivity index (χ1n) is 6.04. The van der Waals surface area contributed by atoms with Crippen molar-refractivity contribution in [2.75, 3.05) is 33.7 Å². The van der Waals surface area contributed by atoms with Crippen LogP contribution in [0.4, 0.5) is 0 Å². The van der Waals surface area contributed by atoms with Crippen molar-refractivity contribution in [3.05, 3.63) is 0 Å². The van der Waals surface area contributed by atoms with Crippen molar-refractivity contribution in [3.8, 4) is 0 Å². The highest BCUT2D eigenvalue weighted by molar-refractivity contribution is 5.82. The minimum Gasteiger partial charge on any atom is -0.341 e. The zero-order valence-corrected chi connectivity index (χ0v) is 11.0. The standard InChI is InChI=1S/C12H25N3O/c1-12(2,6-7-13)11(16)15(4)10-5-8-14(3)9-10/h10H,5-9,13H2,1-4H3. The van der Waals surface area contributed by atoms with Gasteiger partial charge in [0.2, 0.25) is 5.91 Å². The van der Waals surface area contributed by atoms with Crippen molar-refractivity contribution in [2.24, 2.45) is 11.1 Å². The molecule has 0 radical (unpaired) electrons. The molecule has 1 aliphatic heterocycles. The van der Waals surface area contributed by atoms with Gasteiger partial charge in [-0.1, -0.05) is 13.8 Å². The monoisotopic (exact) mass is 227 g/mol. The van der Waals surface area contributed by atoms with Gasteiger partial charge in [0.15, 0.2) is 0 Å². The molecule has 1 fully saturated rings. The molecule has 1 unspecified atom stereocenters. The van der Waals surface area contributed by atoms with Crippen molar-refractivity contribution in [2.45, 2.75) is 32.7 Å². The van der Waals surface area contributed by atoms with E-state index < -0.39 is 0 Å². The van der Waals surface area contributed by atoms with Crippen LogP contribution in [-0.4, -0.2) is 55.5 Å². The first-order chi connectivity index (χ1) is 7.38. The van der Waals surface area contributed by atoms with Gasteiger partial charge in [0.25, 0.3) is 0 Å². The molecule has 1 rings (SSSR count). The van der Waals surface area contributed by atoms with E-state index >= 15 is 0 Å². The number of likely N-dealkylation sites (N-methyl/N-ethyl adjacent to an activating group) is 2. The Hall–Kier alpha value is -0.610. The molecule has 0 aromatic rings. The van der Waals surface area contributed by atoms with Crippen LogP contribution in [0.15, 0.2) is 0 Å². The summed E-state index contributed by atoms with van der Waals surface area (Å²) in [5, 5.41) is 0. The van der Waals surface area contributed by atoms with Crippen molar-refractivity contribution in [3.63, 3.8) is 0 Å². The van der Waals surface area contributed by atoms with Crippen LogP contribution in [-0.2, 0) is 4.79 Å². The summed E-state index contributed by atoms with van der Waals surface area (Å²) in [4.78, 5) is 16.5. The third-order valence-corrected chi connectivity index (χ3v) is 3.58. The number of likely N-dealkylation sites (tertiary alicyclic amines) is 1. The quantitative estimate of drug-likeness (QED) is 0.762. The van der Waals surface area contributed by atoms with E-state index in [0.717, 1.165) is 25.9 Å². The first kappa shape index (κ1) is 13.5. The number of hydrogen-bond acceptors (Lipinski definition) is 3. The molecule has 1 saturated heterocycles. The maximum atomic E-state index is 12.3. The fraction of sp³-hybridized carbons (Fsp3) is 0.917. The topological polar surface area (TPSA) is 49.6 Å². The molecule has 4 nitrogen and oxygen atoms in total. The Morgan fingerprint density at radius 3 is 2.62 bits per heavy atom. The molecule has 0 spiro atoms. The number of rotatable bonds is 4. The Balaban J connectivity index is 2.59. The zero-order chi connectivity index (χ0) is 12.3. The summed E-state index contributed by atoms with van der Waals surface area (Å²) < 4.78 is 0. The van der Waals surface area contributed by atoms with Gasteiger partial charge in [-0.15, -0.1) is 0 Å². The summed E-state index contributed by atoms with van der Waals surface area (Å²) in [5.41, 5.74) is 5.22. The summed E-state index contributed by atoms with van der Waals surface area (Å²) >= 11 is 0. The Morgan fingerprint density at radius 2 is 2.19 bits per heavy atom. The van der Waals surface area contributed by atoms with Crippen LogP contribution in [0, 0.1) is 5.41 Å². The van der Waals surface area contributed by atoms with Gasteiger partial charge in [-0.25, -0.2) is 0 Å². The Morgan fingerprint density at radius 1 is 1.56 bits per heavy atom. The Labute approximate surface area is 98.8 Å². The van der Waals surface area contributed by atoms with E-state index in [2.05, 4.69) is 11.9 Å². The molecule has 0 aromatic heterocycles. The number of nitrogens with two attached hydrogens (primary N) is 1. The fourth-order valence-electron chi connectivity index (χ4n) is 2.34. The molecule has 0 aromatic carbocycles. The number of carbonyl (C=O) groups excluding carboxylic acids is 1. The lowest BCUT2D eigenvalue weighted by molar-refractivity contribution is -0.141. The number of carbonyl (C=O) groups is 1. The minimum absolute atomic E-state index is 0.221. The van der Waals surface area contributed by atoms with Crippen molar-refractivity contribution in [1.29, 1.82) is 0 Å². The van der Waals surface area contributed by atoms with Crippen LogP contribution in [0.25, 0.3) is 0 Å². The van der Waals surface area contributed by atoms with Crippen LogP contribution in [0.1, 0.15) is 26.7 Å². The summed E-state index contributed by atoms with van der Waals surface area (Å²) in [5.74, 6) is 0.221. The molecule has 94 valence electrons. The van der Waals surface area contributed by atoms with Gasteiger partial charge in [-0.2, -0.15) is 0 Å². The molecule has 0 saturated carbocycles. The highest BCUT2D eigenvalue weighted by Crippen LogP contribution is 2.25. The Kier molecular flexibility index (Phi) is 4.33. The van der Waals surface area contributed by atoms with E-state index in [1.165, 1.54) is 0 Å². The van der Waals surface area contributed by atoms with Gasteiger partial charge in [-0.3, -0.25) is 4.79 Å². The molecule has 2 N–H and O–H groups in total. The molecule has 16 heavy (non-hydrogen) atoms. The van der Waals surface area contributed by atoms with E-state index in [1.807, 2.05) is 25.8 Å². The van der Waals surface area contributed by atoms with Gasteiger partial charge < -0.3 is 15.5 Å². The van der Waals surface area contributed by atoms with Crippen LogP contribution in [0.2, 0.25) is 0 Å². The average molecular weight is 227 g/mol. The van der Waals surface area contributed by atoms with Gasteiger partial charge in [0, 0.05) is 25.0 Å². The van der Waals surface area contributed by atoms with Crippen LogP contribution in [0.3, 0.4) is 0 Å². The van der Waals surface area contributed by atoms with E-state index in [-0.39, 0.29) is 11.3 Å². The third kappa shape index (κ3) is 2.95. The smallest absolute Gasteiger partial charge is 0.228 e. The summed E-state index contributed by atoms with van der Waals surface area (Å²) in [6, 6.07) is 0.370. The largest absolute Gasteiger partial charge is 0.341 e. The SMILES string of the molecule is CN1CCC(N(C)C(=O)C(C)(C)CCN)C1. The summed E-state index contributed by atoms with van der Waals surface area (Å²) in [6.45, 7) is 6.60. The van der Waals surface area contributed by atoms with Crippen LogP contribution >= 0.6 is 0 Å². The molecule has 1 heterocycles. The maximum Gasteiger partial charge on any atom is 0.228 e. The highest BCUT2D eigenvalue weighted by Gasteiger charge is 2.34. The number of nitrogens with zero attached hydrogens (tertiary/aromatic N) is 2. The average Bonchev–Trinajstić information content (AvgIpc) is 2.62. The molecular weight excluding hydrogens is 202 g/mol. The molecule has 1 aliphatic rings. The van der Waals surface area contributed by atoms with E-state index in [1.54, 1.807) is 0 Å². The summed E-state index contributed by atoms with van der Waals surface area (Å²) in [6.07, 6.45) is 1.83. The second kappa shape index (κ2) is 5.15. The van der Waals surface area contributed by atoms with E-state index in [9.17, 15) is 4.79 Å². The van der Waals surface area contributed by atoms with Crippen molar-refractivity contribution in [1.82, 2.24) is 9.80 Å². The van der Waals surface area contributed by atoms with Gasteiger partial charge in [0.1, 0.15) is 0 Å². The highest BCUT2D eigenvalue weighted by atomic mass is 16.2. The normalized spacial score (nSPS) is 22.4. The predicted octanol–water partition coefficient (Wildman–Crippen LogP) is 0.524. The predicted molar refractivity (Wildman–Crippen MR) is 66.1 cm³/mol. The lowest BCUT2D eigenvalue weighted by Crippen LogP contribution is -2.45. The van der Waals surface area contributed by atoms with Gasteiger partial charge in [0.05, 0.1) is 0 Å². The van der Waals surface area contributed by atoms with Crippen molar-refractivity contribution >= 4 is 5.91 Å². The molecule has 4 heteroatoms. The van der Waals surface area contributed by atoms with Gasteiger partial charge >= 0.3 is 0 Å². The first-order valence-corrected chi connectivity index (χ1v) is 6.04. The fourth-order valence-corrected chi connectivity index (χ4v) is 2.34. The second-order valence-electron chi connectivity index (χ2n) is 5.54. The molecule has 1 atom stereocenters. The zero-order valence-electron chi connectivity index (χ0n) is 11.0. The summed E-state index contributed by atoms with van der Waals surface area (Å²) in [7, 11) is 4.02. The van der Waals surface area contributed by atoms with Crippen molar-refractivity contribution < 1.29 is 4.79 Å². The molecule has 0 bridgehead atoms. The van der Waals surface area contributed by atoms with Crippen LogP contribution < -0.4 is 5.73 Å². The van der Waals surface area contributed by atoms with Gasteiger partial charge in [-0.05, 0) is 33.0 Å². The minimum atomic E-state index is -0.329. The lowest BCUT2D eigenvalue weighted by atomic mass is 9.87. The number of amides is 1. The molecule has 1 amide bonds. The number of hydrogen-bond donors (Lipinski definition) is 1. The van der Waals surface area contributed by atoms with E-state index in [4.69, 9.17) is 5.73 Å². The van der Waals surface area contributed by atoms with E-state index in [0.29, 0.717) is 12.6 Å². The molecular formula is C12H25N3O. The third-order valence-electron chi connectivity index (χ3n) is 3.58. The van der Waals surface area contributed by atoms with Crippen LogP contribution in [0.5, 0.6) is 0 Å². The lowest BCUT2D eigenvalue weighted by Gasteiger charge is -2.32.